The van der Waals surface area contributed by atoms with Crippen LogP contribution in [0.4, 0.5) is 11.4 Å². The van der Waals surface area contributed by atoms with Gasteiger partial charge in [-0.25, -0.2) is 4.98 Å². The third kappa shape index (κ3) is 2.98. The Balaban J connectivity index is 1.80. The second-order valence-corrected chi connectivity index (χ2v) is 6.63. The molecule has 7 heteroatoms. The smallest absolute Gasteiger partial charge is 0.269 e. The van der Waals surface area contributed by atoms with Crippen molar-refractivity contribution in [2.75, 3.05) is 5.73 Å². The third-order valence-electron chi connectivity index (χ3n) is 2.96. The zero-order valence-electron chi connectivity index (χ0n) is 10.9. The summed E-state index contributed by atoms with van der Waals surface area (Å²) < 4.78 is 2.06. The number of hydrogen-bond acceptors (Lipinski definition) is 6. The van der Waals surface area contributed by atoms with Gasteiger partial charge in [0.15, 0.2) is 4.34 Å². The van der Waals surface area contributed by atoms with Gasteiger partial charge in [0, 0.05) is 23.6 Å². The van der Waals surface area contributed by atoms with Crippen LogP contribution < -0.4 is 5.73 Å². The number of nitrogen functional groups attached to an aromatic ring is 1. The van der Waals surface area contributed by atoms with Gasteiger partial charge in [-0.3, -0.25) is 10.1 Å². The SMILES string of the molecule is Nc1ccc([N+](=O)[O-])cc1CSc1nc2ccccc2s1. The van der Waals surface area contributed by atoms with Crippen molar-refractivity contribution in [3.63, 3.8) is 0 Å². The van der Waals surface area contributed by atoms with E-state index in [2.05, 4.69) is 4.98 Å². The monoisotopic (exact) mass is 317 g/mol. The number of rotatable bonds is 4. The van der Waals surface area contributed by atoms with Crippen molar-refractivity contribution in [2.24, 2.45) is 0 Å². The molecule has 0 saturated heterocycles. The van der Waals surface area contributed by atoms with Gasteiger partial charge in [-0.1, -0.05) is 23.9 Å². The molecular formula is C14H11N3O2S2. The lowest BCUT2D eigenvalue weighted by molar-refractivity contribution is -0.384. The lowest BCUT2D eigenvalue weighted by Gasteiger charge is -2.03. The zero-order valence-corrected chi connectivity index (χ0v) is 12.5. The van der Waals surface area contributed by atoms with Crippen molar-refractivity contribution >= 4 is 44.7 Å². The highest BCUT2D eigenvalue weighted by Gasteiger charge is 2.11. The molecule has 0 unspecified atom stereocenters. The minimum absolute atomic E-state index is 0.0594. The van der Waals surface area contributed by atoms with Crippen molar-refractivity contribution in [1.29, 1.82) is 0 Å². The van der Waals surface area contributed by atoms with Gasteiger partial charge in [0.2, 0.25) is 0 Å². The minimum atomic E-state index is -0.411. The Morgan fingerprint density at radius 3 is 2.86 bits per heavy atom. The summed E-state index contributed by atoms with van der Waals surface area (Å²) in [5.41, 5.74) is 8.23. The summed E-state index contributed by atoms with van der Waals surface area (Å²) in [4.78, 5) is 14.9. The second-order valence-electron chi connectivity index (χ2n) is 4.38. The van der Waals surface area contributed by atoms with E-state index < -0.39 is 4.92 Å². The number of aromatic nitrogens is 1. The molecule has 1 heterocycles. The van der Waals surface area contributed by atoms with Gasteiger partial charge in [-0.15, -0.1) is 11.3 Å². The van der Waals surface area contributed by atoms with Crippen molar-refractivity contribution in [2.45, 2.75) is 10.1 Å². The molecule has 0 radical (unpaired) electrons. The molecule has 106 valence electrons. The number of fused-ring (bicyclic) bond motifs is 1. The third-order valence-corrected chi connectivity index (χ3v) is 5.19. The van der Waals surface area contributed by atoms with Crippen LogP contribution in [0.15, 0.2) is 46.8 Å². The number of nitro benzene ring substituents is 1. The Kier molecular flexibility index (Phi) is 3.76. The number of non-ortho nitro benzene ring substituents is 1. The van der Waals surface area contributed by atoms with E-state index in [0.717, 1.165) is 20.1 Å². The minimum Gasteiger partial charge on any atom is -0.398 e. The largest absolute Gasteiger partial charge is 0.398 e. The number of para-hydroxylation sites is 1. The summed E-state index contributed by atoms with van der Waals surface area (Å²) in [5.74, 6) is 0.563. The molecule has 0 saturated carbocycles. The molecule has 2 N–H and O–H groups in total. The van der Waals surface area contributed by atoms with E-state index in [1.807, 2.05) is 24.3 Å². The lowest BCUT2D eigenvalue weighted by atomic mass is 10.2. The van der Waals surface area contributed by atoms with Crippen LogP contribution in [0.25, 0.3) is 10.2 Å². The van der Waals surface area contributed by atoms with Gasteiger partial charge >= 0.3 is 0 Å². The number of benzene rings is 2. The second kappa shape index (κ2) is 5.71. The number of nitro groups is 1. The maximum absolute atomic E-state index is 10.8. The molecule has 5 nitrogen and oxygen atoms in total. The van der Waals surface area contributed by atoms with Crippen LogP contribution in [0, 0.1) is 10.1 Å². The molecule has 3 rings (SSSR count). The number of thiazole rings is 1. The Labute approximate surface area is 129 Å². The van der Waals surface area contributed by atoms with Gasteiger partial charge in [0.25, 0.3) is 5.69 Å². The first-order valence-corrected chi connectivity index (χ1v) is 7.95. The van der Waals surface area contributed by atoms with Crippen LogP contribution in [-0.4, -0.2) is 9.91 Å². The lowest BCUT2D eigenvalue weighted by Crippen LogP contribution is -1.95. The molecule has 0 bridgehead atoms. The molecule has 0 spiro atoms. The van der Waals surface area contributed by atoms with E-state index in [-0.39, 0.29) is 5.69 Å². The Morgan fingerprint density at radius 1 is 1.29 bits per heavy atom. The van der Waals surface area contributed by atoms with Crippen molar-refractivity contribution in [3.8, 4) is 0 Å². The predicted molar refractivity (Wildman–Crippen MR) is 86.7 cm³/mol. The molecule has 2 aromatic carbocycles. The maximum Gasteiger partial charge on any atom is 0.269 e. The number of nitrogens with zero attached hydrogens (tertiary/aromatic N) is 2. The molecule has 0 aliphatic carbocycles. The number of hydrogen-bond donors (Lipinski definition) is 1. The number of thioether (sulfide) groups is 1. The van der Waals surface area contributed by atoms with E-state index in [4.69, 9.17) is 5.73 Å². The van der Waals surface area contributed by atoms with E-state index in [0.29, 0.717) is 11.4 Å². The zero-order chi connectivity index (χ0) is 14.8. The summed E-state index contributed by atoms with van der Waals surface area (Å²) >= 11 is 3.15. The maximum atomic E-state index is 10.8. The van der Waals surface area contributed by atoms with E-state index in [9.17, 15) is 10.1 Å². The highest BCUT2D eigenvalue weighted by atomic mass is 32.2. The fourth-order valence-corrected chi connectivity index (χ4v) is 3.95. The average molecular weight is 317 g/mol. The standard InChI is InChI=1S/C14H11N3O2S2/c15-11-6-5-10(17(18)19)7-9(11)8-20-14-16-12-3-1-2-4-13(12)21-14/h1-7H,8,15H2. The van der Waals surface area contributed by atoms with Gasteiger partial charge < -0.3 is 5.73 Å². The van der Waals surface area contributed by atoms with Gasteiger partial charge in [-0.2, -0.15) is 0 Å². The molecule has 21 heavy (non-hydrogen) atoms. The van der Waals surface area contributed by atoms with Gasteiger partial charge in [-0.05, 0) is 23.8 Å². The van der Waals surface area contributed by atoms with Gasteiger partial charge in [0.05, 0.1) is 15.1 Å². The van der Waals surface area contributed by atoms with Crippen LogP contribution >= 0.6 is 23.1 Å². The predicted octanol–water partition coefficient (Wildman–Crippen LogP) is 4.08. The topological polar surface area (TPSA) is 82.0 Å². The normalized spacial score (nSPS) is 10.9. The van der Waals surface area contributed by atoms with Crippen molar-refractivity contribution in [1.82, 2.24) is 4.98 Å². The van der Waals surface area contributed by atoms with E-state index >= 15 is 0 Å². The highest BCUT2D eigenvalue weighted by Crippen LogP contribution is 2.33. The Hall–Kier alpha value is -2.12. The van der Waals surface area contributed by atoms with E-state index in [1.54, 1.807) is 17.4 Å². The molecule has 0 aliphatic rings. The summed E-state index contributed by atoms with van der Waals surface area (Å²) in [7, 11) is 0. The van der Waals surface area contributed by atoms with Crippen LogP contribution in [0.1, 0.15) is 5.56 Å². The molecular weight excluding hydrogens is 306 g/mol. The van der Waals surface area contributed by atoms with Crippen molar-refractivity contribution < 1.29 is 4.92 Å². The first-order chi connectivity index (χ1) is 10.1. The summed E-state index contributed by atoms with van der Waals surface area (Å²) in [6, 6.07) is 12.4. The Bertz CT molecular complexity index is 784. The molecule has 0 atom stereocenters. The molecule has 1 aromatic heterocycles. The molecule has 0 fully saturated rings. The molecule has 0 amide bonds. The number of anilines is 1. The van der Waals surface area contributed by atoms with Crippen LogP contribution in [0.2, 0.25) is 0 Å². The summed E-state index contributed by atoms with van der Waals surface area (Å²) in [6.07, 6.45) is 0. The fraction of sp³-hybridized carbons (Fsp3) is 0.0714. The van der Waals surface area contributed by atoms with Gasteiger partial charge in [0.1, 0.15) is 0 Å². The first kappa shape index (κ1) is 13.8. The molecule has 0 aliphatic heterocycles. The van der Waals surface area contributed by atoms with Crippen molar-refractivity contribution in [3.05, 3.63) is 58.1 Å². The fourth-order valence-electron chi connectivity index (χ4n) is 1.88. The first-order valence-electron chi connectivity index (χ1n) is 6.14. The summed E-state index contributed by atoms with van der Waals surface area (Å²) in [5, 5.41) is 10.8. The highest BCUT2D eigenvalue weighted by molar-refractivity contribution is 8.00. The quantitative estimate of drug-likeness (QED) is 0.339. The number of nitrogens with two attached hydrogens (primary N) is 1. The summed E-state index contributed by atoms with van der Waals surface area (Å²) in [6.45, 7) is 0. The van der Waals surface area contributed by atoms with Crippen LogP contribution in [-0.2, 0) is 5.75 Å². The Morgan fingerprint density at radius 2 is 2.10 bits per heavy atom. The van der Waals surface area contributed by atoms with Crippen LogP contribution in [0.3, 0.4) is 0 Å². The van der Waals surface area contributed by atoms with Crippen LogP contribution in [0.5, 0.6) is 0 Å². The van der Waals surface area contributed by atoms with E-state index in [1.165, 1.54) is 23.9 Å². The molecule has 3 aromatic rings. The average Bonchev–Trinajstić information content (AvgIpc) is 2.89.